The zero-order valence-corrected chi connectivity index (χ0v) is 9.56. The number of nitrogens with zero attached hydrogens (tertiary/aromatic N) is 2. The fourth-order valence-corrected chi connectivity index (χ4v) is 2.02. The predicted molar refractivity (Wildman–Crippen MR) is 64.6 cm³/mol. The quantitative estimate of drug-likeness (QED) is 0.817. The van der Waals surface area contributed by atoms with Crippen LogP contribution in [0.2, 0.25) is 0 Å². The van der Waals surface area contributed by atoms with Crippen molar-refractivity contribution in [2.75, 3.05) is 37.7 Å². The van der Waals surface area contributed by atoms with Crippen molar-refractivity contribution in [3.05, 3.63) is 24.0 Å². The zero-order chi connectivity index (χ0) is 11.2. The number of aryl methyl sites for hydroxylation is 1. The first-order valence-electron chi connectivity index (χ1n) is 5.87. The summed E-state index contributed by atoms with van der Waals surface area (Å²) in [4.78, 5) is 6.57. The summed E-state index contributed by atoms with van der Waals surface area (Å²) >= 11 is 0. The van der Waals surface area contributed by atoms with Gasteiger partial charge < -0.3 is 15.4 Å². The first-order valence-corrected chi connectivity index (χ1v) is 5.87. The van der Waals surface area contributed by atoms with Gasteiger partial charge in [0.2, 0.25) is 0 Å². The van der Waals surface area contributed by atoms with Gasteiger partial charge in [-0.1, -0.05) is 0 Å². The lowest BCUT2D eigenvalue weighted by Crippen LogP contribution is -2.36. The third kappa shape index (κ3) is 2.71. The second-order valence-corrected chi connectivity index (χ2v) is 4.00. The van der Waals surface area contributed by atoms with Gasteiger partial charge in [0.15, 0.2) is 0 Å². The molecule has 0 atom stereocenters. The number of pyridine rings is 1. The van der Waals surface area contributed by atoms with Crippen molar-refractivity contribution in [1.82, 2.24) is 4.98 Å². The summed E-state index contributed by atoms with van der Waals surface area (Å²) in [6.45, 7) is 4.31. The number of rotatable bonds is 4. The smallest absolute Gasteiger partial charge is 0.0642 e. The minimum Gasteiger partial charge on any atom is -0.378 e. The Bertz CT molecular complexity index is 324. The molecule has 0 amide bonds. The van der Waals surface area contributed by atoms with E-state index in [0.717, 1.165) is 45.7 Å². The van der Waals surface area contributed by atoms with E-state index in [2.05, 4.69) is 16.0 Å². The van der Waals surface area contributed by atoms with Gasteiger partial charge in [0, 0.05) is 31.2 Å². The summed E-state index contributed by atoms with van der Waals surface area (Å²) in [5.41, 5.74) is 8.15. The van der Waals surface area contributed by atoms with Crippen LogP contribution in [0.3, 0.4) is 0 Å². The Morgan fingerprint density at radius 1 is 1.38 bits per heavy atom. The van der Waals surface area contributed by atoms with Crippen LogP contribution in [0.5, 0.6) is 0 Å². The van der Waals surface area contributed by atoms with E-state index in [4.69, 9.17) is 10.5 Å². The lowest BCUT2D eigenvalue weighted by atomic mass is 10.1. The average Bonchev–Trinajstić information content (AvgIpc) is 2.38. The maximum Gasteiger partial charge on any atom is 0.0642 e. The van der Waals surface area contributed by atoms with Crippen molar-refractivity contribution in [3.63, 3.8) is 0 Å². The number of morpholine rings is 1. The van der Waals surface area contributed by atoms with Crippen LogP contribution in [0.25, 0.3) is 0 Å². The molecular formula is C12H19N3O. The van der Waals surface area contributed by atoms with E-state index >= 15 is 0 Å². The van der Waals surface area contributed by atoms with Crippen molar-refractivity contribution in [3.8, 4) is 0 Å². The lowest BCUT2D eigenvalue weighted by molar-refractivity contribution is 0.122. The Labute approximate surface area is 96.4 Å². The standard InChI is InChI=1S/C12H19N3O/c13-4-1-2-11-10-14-5-3-12(11)15-6-8-16-9-7-15/h3,5,10H,1-2,4,6-9,13H2. The molecule has 1 aliphatic heterocycles. The van der Waals surface area contributed by atoms with Gasteiger partial charge in [0.1, 0.15) is 0 Å². The average molecular weight is 221 g/mol. The SMILES string of the molecule is NCCCc1cnccc1N1CCOCC1. The molecule has 1 fully saturated rings. The molecular weight excluding hydrogens is 202 g/mol. The molecule has 2 N–H and O–H groups in total. The summed E-state index contributed by atoms with van der Waals surface area (Å²) in [6, 6.07) is 2.09. The van der Waals surface area contributed by atoms with Crippen molar-refractivity contribution < 1.29 is 4.74 Å². The molecule has 88 valence electrons. The largest absolute Gasteiger partial charge is 0.378 e. The third-order valence-corrected chi connectivity index (χ3v) is 2.88. The van der Waals surface area contributed by atoms with Gasteiger partial charge in [-0.15, -0.1) is 0 Å². The first-order chi connectivity index (χ1) is 7.92. The van der Waals surface area contributed by atoms with Crippen molar-refractivity contribution >= 4 is 5.69 Å². The highest BCUT2D eigenvalue weighted by Crippen LogP contribution is 2.21. The van der Waals surface area contributed by atoms with E-state index in [0.29, 0.717) is 0 Å². The van der Waals surface area contributed by atoms with Crippen LogP contribution < -0.4 is 10.6 Å². The molecule has 2 heterocycles. The van der Waals surface area contributed by atoms with E-state index in [-0.39, 0.29) is 0 Å². The highest BCUT2D eigenvalue weighted by atomic mass is 16.5. The fourth-order valence-electron chi connectivity index (χ4n) is 2.02. The Morgan fingerprint density at radius 3 is 2.94 bits per heavy atom. The summed E-state index contributed by atoms with van der Waals surface area (Å²) in [5, 5.41) is 0. The second-order valence-electron chi connectivity index (χ2n) is 4.00. The zero-order valence-electron chi connectivity index (χ0n) is 9.56. The maximum absolute atomic E-state index is 5.55. The Morgan fingerprint density at radius 2 is 2.19 bits per heavy atom. The van der Waals surface area contributed by atoms with Gasteiger partial charge in [-0.3, -0.25) is 4.98 Å². The molecule has 4 nitrogen and oxygen atoms in total. The van der Waals surface area contributed by atoms with Crippen LogP contribution in [-0.4, -0.2) is 37.8 Å². The van der Waals surface area contributed by atoms with Crippen LogP contribution in [-0.2, 0) is 11.2 Å². The fraction of sp³-hybridized carbons (Fsp3) is 0.583. The Balaban J connectivity index is 2.11. The van der Waals surface area contributed by atoms with E-state index in [1.54, 1.807) is 0 Å². The maximum atomic E-state index is 5.55. The van der Waals surface area contributed by atoms with E-state index in [1.807, 2.05) is 12.4 Å². The minimum atomic E-state index is 0.734. The molecule has 0 radical (unpaired) electrons. The molecule has 0 aliphatic carbocycles. The van der Waals surface area contributed by atoms with Gasteiger partial charge >= 0.3 is 0 Å². The second kappa shape index (κ2) is 5.82. The van der Waals surface area contributed by atoms with Crippen molar-refractivity contribution in [2.45, 2.75) is 12.8 Å². The summed E-state index contributed by atoms with van der Waals surface area (Å²) in [7, 11) is 0. The number of nitrogens with two attached hydrogens (primary N) is 1. The van der Waals surface area contributed by atoms with Crippen LogP contribution >= 0.6 is 0 Å². The number of hydrogen-bond donors (Lipinski definition) is 1. The van der Waals surface area contributed by atoms with Crippen molar-refractivity contribution in [2.24, 2.45) is 5.73 Å². The number of aromatic nitrogens is 1. The monoisotopic (exact) mass is 221 g/mol. The molecule has 1 aromatic heterocycles. The topological polar surface area (TPSA) is 51.4 Å². The normalized spacial score (nSPS) is 16.4. The predicted octanol–water partition coefficient (Wildman–Crippen LogP) is 0.809. The van der Waals surface area contributed by atoms with E-state index in [9.17, 15) is 0 Å². The Kier molecular flexibility index (Phi) is 4.13. The van der Waals surface area contributed by atoms with Crippen molar-refractivity contribution in [1.29, 1.82) is 0 Å². The van der Waals surface area contributed by atoms with Crippen LogP contribution in [0.1, 0.15) is 12.0 Å². The summed E-state index contributed by atoms with van der Waals surface area (Å²) in [6.07, 6.45) is 5.84. The highest BCUT2D eigenvalue weighted by molar-refractivity contribution is 5.52. The number of hydrogen-bond acceptors (Lipinski definition) is 4. The van der Waals surface area contributed by atoms with Crippen LogP contribution in [0.15, 0.2) is 18.5 Å². The number of anilines is 1. The van der Waals surface area contributed by atoms with E-state index in [1.165, 1.54) is 11.3 Å². The molecule has 0 aromatic carbocycles. The third-order valence-electron chi connectivity index (χ3n) is 2.88. The molecule has 1 aliphatic rings. The molecule has 4 heteroatoms. The highest BCUT2D eigenvalue weighted by Gasteiger charge is 2.14. The molecule has 1 saturated heterocycles. The van der Waals surface area contributed by atoms with Gasteiger partial charge in [-0.2, -0.15) is 0 Å². The molecule has 1 aromatic rings. The summed E-state index contributed by atoms with van der Waals surface area (Å²) in [5.74, 6) is 0. The molecule has 2 rings (SSSR count). The van der Waals surface area contributed by atoms with Gasteiger partial charge in [0.05, 0.1) is 13.2 Å². The van der Waals surface area contributed by atoms with Gasteiger partial charge in [0.25, 0.3) is 0 Å². The van der Waals surface area contributed by atoms with Crippen LogP contribution in [0, 0.1) is 0 Å². The molecule has 16 heavy (non-hydrogen) atoms. The van der Waals surface area contributed by atoms with Crippen LogP contribution in [0.4, 0.5) is 5.69 Å². The Hall–Kier alpha value is -1.13. The van der Waals surface area contributed by atoms with E-state index < -0.39 is 0 Å². The lowest BCUT2D eigenvalue weighted by Gasteiger charge is -2.30. The number of ether oxygens (including phenoxy) is 1. The molecule has 0 spiro atoms. The first kappa shape index (κ1) is 11.4. The molecule has 0 saturated carbocycles. The minimum absolute atomic E-state index is 0.734. The molecule has 0 bridgehead atoms. The summed E-state index contributed by atoms with van der Waals surface area (Å²) < 4.78 is 5.36. The van der Waals surface area contributed by atoms with Gasteiger partial charge in [-0.25, -0.2) is 0 Å². The molecule has 0 unspecified atom stereocenters. The van der Waals surface area contributed by atoms with Gasteiger partial charge in [-0.05, 0) is 31.0 Å².